The van der Waals surface area contributed by atoms with Gasteiger partial charge in [-0.3, -0.25) is 14.2 Å². The van der Waals surface area contributed by atoms with Crippen molar-refractivity contribution in [3.05, 3.63) is 85.4 Å². The molecule has 8 nitrogen and oxygen atoms in total. The lowest BCUT2D eigenvalue weighted by molar-refractivity contribution is -0.121. The van der Waals surface area contributed by atoms with Crippen LogP contribution in [0.5, 0.6) is 11.5 Å². The highest BCUT2D eigenvalue weighted by Gasteiger charge is 2.19. The Labute approximate surface area is 200 Å². The van der Waals surface area contributed by atoms with Crippen molar-refractivity contribution < 1.29 is 14.3 Å². The van der Waals surface area contributed by atoms with Crippen LogP contribution in [-0.2, 0) is 17.9 Å². The van der Waals surface area contributed by atoms with Gasteiger partial charge in [0.1, 0.15) is 11.2 Å². The molecule has 0 saturated carbocycles. The number of fused-ring (bicyclic) bond motifs is 1. The molecule has 2 heterocycles. The van der Waals surface area contributed by atoms with Gasteiger partial charge in [-0.25, -0.2) is 9.36 Å². The van der Waals surface area contributed by atoms with E-state index in [2.05, 4.69) is 5.32 Å². The smallest absolute Gasteiger partial charge is 0.336 e. The van der Waals surface area contributed by atoms with Crippen molar-refractivity contribution in [1.82, 2.24) is 14.5 Å². The average molecular weight is 480 g/mol. The number of nitrogens with zero attached hydrogens (tertiary/aromatic N) is 2. The van der Waals surface area contributed by atoms with Crippen molar-refractivity contribution >= 4 is 27.5 Å². The van der Waals surface area contributed by atoms with Crippen molar-refractivity contribution in [2.75, 3.05) is 14.2 Å². The van der Waals surface area contributed by atoms with Crippen molar-refractivity contribution in [2.24, 2.45) is 0 Å². The summed E-state index contributed by atoms with van der Waals surface area (Å²) >= 11 is 1.25. The van der Waals surface area contributed by atoms with Crippen molar-refractivity contribution in [1.29, 1.82) is 0 Å². The van der Waals surface area contributed by atoms with Gasteiger partial charge in [0.25, 0.3) is 5.56 Å². The van der Waals surface area contributed by atoms with E-state index in [-0.39, 0.29) is 24.6 Å². The number of hydrogen-bond donors (Lipinski definition) is 1. The molecule has 0 spiro atoms. The third kappa shape index (κ3) is 4.22. The maximum absolute atomic E-state index is 13.4. The third-order valence-corrected chi connectivity index (χ3v) is 6.70. The van der Waals surface area contributed by atoms with Gasteiger partial charge in [0.05, 0.1) is 25.4 Å². The molecule has 4 rings (SSSR count). The first-order valence-electron chi connectivity index (χ1n) is 10.6. The fraction of sp³-hybridized carbons (Fsp3) is 0.240. The van der Waals surface area contributed by atoms with E-state index >= 15 is 0 Å². The number of hydrogen-bond acceptors (Lipinski definition) is 6. The van der Waals surface area contributed by atoms with Crippen LogP contribution >= 0.6 is 11.3 Å². The zero-order valence-corrected chi connectivity index (χ0v) is 20.2. The molecule has 0 aliphatic carbocycles. The van der Waals surface area contributed by atoms with Crippen molar-refractivity contribution in [3.63, 3.8) is 0 Å². The van der Waals surface area contributed by atoms with Crippen LogP contribution < -0.4 is 26.0 Å². The summed E-state index contributed by atoms with van der Waals surface area (Å²) < 4.78 is 13.5. The van der Waals surface area contributed by atoms with Crippen LogP contribution in [0.1, 0.15) is 16.7 Å². The largest absolute Gasteiger partial charge is 0.493 e. The monoisotopic (exact) mass is 479 g/mol. The number of thiophene rings is 1. The highest BCUT2D eigenvalue weighted by atomic mass is 32.1. The fourth-order valence-electron chi connectivity index (χ4n) is 3.82. The Morgan fingerprint density at radius 3 is 2.53 bits per heavy atom. The first-order valence-corrected chi connectivity index (χ1v) is 11.5. The number of nitrogens with one attached hydrogen (secondary N) is 1. The number of carbonyl (C=O) groups excluding carboxylic acids is 1. The Kier molecular flexibility index (Phi) is 6.56. The van der Waals surface area contributed by atoms with Gasteiger partial charge < -0.3 is 14.8 Å². The van der Waals surface area contributed by atoms with E-state index < -0.39 is 5.69 Å². The maximum Gasteiger partial charge on any atom is 0.336 e. The van der Waals surface area contributed by atoms with Crippen LogP contribution in [0.4, 0.5) is 0 Å². The van der Waals surface area contributed by atoms with Crippen molar-refractivity contribution in [2.45, 2.75) is 26.9 Å². The Bertz CT molecular complexity index is 1500. The van der Waals surface area contributed by atoms with Crippen LogP contribution in [0.25, 0.3) is 15.9 Å². The molecule has 2 aromatic heterocycles. The number of benzene rings is 2. The topological polar surface area (TPSA) is 91.6 Å². The second-order valence-corrected chi connectivity index (χ2v) is 8.75. The molecule has 2 aromatic carbocycles. The molecule has 0 aliphatic rings. The Morgan fingerprint density at radius 1 is 1.03 bits per heavy atom. The van der Waals surface area contributed by atoms with E-state index in [1.165, 1.54) is 15.9 Å². The molecule has 176 valence electrons. The number of rotatable bonds is 7. The summed E-state index contributed by atoms with van der Waals surface area (Å²) in [5.74, 6) is 0.805. The molecule has 0 unspecified atom stereocenters. The SMILES string of the molecule is COc1ccc(CNC(=O)Cn2c(=O)n(-c3cccc(C)c3C)c(=O)c3sccc32)cc1OC. The summed E-state index contributed by atoms with van der Waals surface area (Å²) in [7, 11) is 3.10. The first kappa shape index (κ1) is 23.3. The first-order chi connectivity index (χ1) is 16.3. The Morgan fingerprint density at radius 2 is 1.79 bits per heavy atom. The average Bonchev–Trinajstić information content (AvgIpc) is 3.33. The Hall–Kier alpha value is -3.85. The highest BCUT2D eigenvalue weighted by molar-refractivity contribution is 7.17. The highest BCUT2D eigenvalue weighted by Crippen LogP contribution is 2.27. The zero-order valence-electron chi connectivity index (χ0n) is 19.4. The summed E-state index contributed by atoms with van der Waals surface area (Å²) in [5, 5.41) is 4.58. The molecule has 9 heteroatoms. The second kappa shape index (κ2) is 9.56. The molecule has 4 aromatic rings. The van der Waals surface area contributed by atoms with Gasteiger partial charge in [-0.1, -0.05) is 18.2 Å². The number of methoxy groups -OCH3 is 2. The van der Waals surface area contributed by atoms with Crippen LogP contribution in [0.3, 0.4) is 0 Å². The van der Waals surface area contributed by atoms with Gasteiger partial charge in [0, 0.05) is 6.54 Å². The van der Waals surface area contributed by atoms with E-state index in [0.29, 0.717) is 27.4 Å². The maximum atomic E-state index is 13.4. The summed E-state index contributed by atoms with van der Waals surface area (Å²) in [6, 6.07) is 12.5. The minimum absolute atomic E-state index is 0.218. The molecular weight excluding hydrogens is 454 g/mol. The summed E-state index contributed by atoms with van der Waals surface area (Å²) in [4.78, 5) is 39.4. The number of amides is 1. The molecule has 0 fully saturated rings. The molecular formula is C25H25N3O5S. The summed E-state index contributed by atoms with van der Waals surface area (Å²) in [6.45, 7) is 3.82. The van der Waals surface area contributed by atoms with Gasteiger partial charge in [0.15, 0.2) is 11.5 Å². The standard InChI is InChI=1S/C25H25N3O5S/c1-15-6-5-7-18(16(15)2)28-24(30)23-19(10-11-34-23)27(25(28)31)14-22(29)26-13-17-8-9-20(32-3)21(12-17)33-4/h5-12H,13-14H2,1-4H3,(H,26,29). The lowest BCUT2D eigenvalue weighted by Crippen LogP contribution is -2.41. The summed E-state index contributed by atoms with van der Waals surface area (Å²) in [6.07, 6.45) is 0. The Balaban J connectivity index is 1.67. The normalized spacial score (nSPS) is 10.9. The molecule has 0 bridgehead atoms. The minimum Gasteiger partial charge on any atom is -0.493 e. The second-order valence-electron chi connectivity index (χ2n) is 7.83. The van der Waals surface area contributed by atoms with Crippen LogP contribution in [-0.4, -0.2) is 29.3 Å². The van der Waals surface area contributed by atoms with E-state index in [0.717, 1.165) is 21.3 Å². The predicted octanol–water partition coefficient (Wildman–Crippen LogP) is 3.16. The fourth-order valence-corrected chi connectivity index (χ4v) is 4.65. The number of ether oxygens (including phenoxy) is 2. The van der Waals surface area contributed by atoms with Crippen LogP contribution in [0.15, 0.2) is 57.4 Å². The van der Waals surface area contributed by atoms with E-state index in [1.54, 1.807) is 43.9 Å². The van der Waals surface area contributed by atoms with E-state index in [1.807, 2.05) is 32.0 Å². The minimum atomic E-state index is -0.550. The van der Waals surface area contributed by atoms with E-state index in [4.69, 9.17) is 9.47 Å². The predicted molar refractivity (Wildman–Crippen MR) is 133 cm³/mol. The number of carbonyl (C=O) groups is 1. The molecule has 34 heavy (non-hydrogen) atoms. The van der Waals surface area contributed by atoms with Gasteiger partial charge in [0.2, 0.25) is 5.91 Å². The lowest BCUT2D eigenvalue weighted by atomic mass is 10.1. The zero-order chi connectivity index (χ0) is 24.4. The van der Waals surface area contributed by atoms with Crippen molar-refractivity contribution in [3.8, 4) is 17.2 Å². The van der Waals surface area contributed by atoms with Gasteiger partial charge in [-0.15, -0.1) is 11.3 Å². The van der Waals surface area contributed by atoms with Crippen LogP contribution in [0.2, 0.25) is 0 Å². The molecule has 1 amide bonds. The molecule has 0 radical (unpaired) electrons. The molecule has 1 N–H and O–H groups in total. The lowest BCUT2D eigenvalue weighted by Gasteiger charge is -2.15. The van der Waals surface area contributed by atoms with Gasteiger partial charge in [-0.05, 0) is 60.2 Å². The molecule has 0 aliphatic heterocycles. The third-order valence-electron chi connectivity index (χ3n) is 5.81. The quantitative estimate of drug-likeness (QED) is 0.440. The molecule has 0 saturated heterocycles. The summed E-state index contributed by atoms with van der Waals surface area (Å²) in [5.41, 5.74) is 2.65. The number of aromatic nitrogens is 2. The number of aryl methyl sites for hydroxylation is 1. The van der Waals surface area contributed by atoms with Gasteiger partial charge in [-0.2, -0.15) is 0 Å². The van der Waals surface area contributed by atoms with Gasteiger partial charge >= 0.3 is 5.69 Å². The van der Waals surface area contributed by atoms with E-state index in [9.17, 15) is 14.4 Å². The van der Waals surface area contributed by atoms with Crippen LogP contribution in [0, 0.1) is 13.8 Å². The molecule has 0 atom stereocenters.